The Hall–Kier alpha value is -2.69. The zero-order valence-electron chi connectivity index (χ0n) is 14.1. The molecule has 5 heteroatoms. The average Bonchev–Trinajstić information content (AvgIpc) is 2.96. The fourth-order valence-corrected chi connectivity index (χ4v) is 2.82. The third kappa shape index (κ3) is 3.30. The van der Waals surface area contributed by atoms with Crippen molar-refractivity contribution in [3.05, 3.63) is 59.5 Å². The Labute approximate surface area is 141 Å². The predicted octanol–water partition coefficient (Wildman–Crippen LogP) is 3.59. The molecule has 0 aliphatic heterocycles. The van der Waals surface area contributed by atoms with Crippen LogP contribution < -0.4 is 5.32 Å². The van der Waals surface area contributed by atoms with E-state index in [4.69, 9.17) is 4.52 Å². The van der Waals surface area contributed by atoms with Crippen LogP contribution in [0.5, 0.6) is 0 Å². The quantitative estimate of drug-likeness (QED) is 0.779. The molecule has 0 radical (unpaired) electrons. The zero-order chi connectivity index (χ0) is 17.1. The van der Waals surface area contributed by atoms with Crippen molar-refractivity contribution in [1.82, 2.24) is 15.5 Å². The van der Waals surface area contributed by atoms with Gasteiger partial charge in [0.25, 0.3) is 0 Å². The molecule has 5 nitrogen and oxygen atoms in total. The molecular formula is C19H21N3O2. The molecule has 2 heterocycles. The first-order valence-corrected chi connectivity index (χ1v) is 8.10. The third-order valence-electron chi connectivity index (χ3n) is 4.11. The summed E-state index contributed by atoms with van der Waals surface area (Å²) in [7, 11) is 0. The molecule has 3 aromatic rings. The number of aromatic nitrogens is 2. The average molecular weight is 323 g/mol. The second kappa shape index (κ2) is 6.83. The topological polar surface area (TPSA) is 68.0 Å². The normalized spacial score (nSPS) is 12.5. The maximum atomic E-state index is 12.5. The number of pyridine rings is 1. The molecular weight excluding hydrogens is 302 g/mol. The lowest BCUT2D eigenvalue weighted by Crippen LogP contribution is -2.34. The molecule has 0 bridgehead atoms. The van der Waals surface area contributed by atoms with Gasteiger partial charge in [-0.3, -0.25) is 9.78 Å². The van der Waals surface area contributed by atoms with Gasteiger partial charge in [-0.2, -0.15) is 0 Å². The van der Waals surface area contributed by atoms with Gasteiger partial charge >= 0.3 is 0 Å². The van der Waals surface area contributed by atoms with Crippen LogP contribution in [0.2, 0.25) is 0 Å². The SMILES string of the molecule is Cc1cccnc1[C@H](NC(=O)Cc1noc2ccccc12)C(C)C. The zero-order valence-corrected chi connectivity index (χ0v) is 14.1. The molecule has 3 rings (SSSR count). The second-order valence-corrected chi connectivity index (χ2v) is 6.30. The summed E-state index contributed by atoms with van der Waals surface area (Å²) in [5, 5.41) is 8.00. The van der Waals surface area contributed by atoms with E-state index in [-0.39, 0.29) is 24.3 Å². The van der Waals surface area contributed by atoms with Crippen LogP contribution in [0.3, 0.4) is 0 Å². The first kappa shape index (κ1) is 16.2. The van der Waals surface area contributed by atoms with E-state index in [1.807, 2.05) is 43.3 Å². The minimum absolute atomic E-state index is 0.0854. The van der Waals surface area contributed by atoms with E-state index in [9.17, 15) is 4.79 Å². The van der Waals surface area contributed by atoms with Gasteiger partial charge in [0, 0.05) is 11.6 Å². The van der Waals surface area contributed by atoms with Crippen molar-refractivity contribution >= 4 is 16.9 Å². The molecule has 124 valence electrons. The lowest BCUT2D eigenvalue weighted by Gasteiger charge is -2.23. The van der Waals surface area contributed by atoms with Crippen LogP contribution in [-0.2, 0) is 11.2 Å². The van der Waals surface area contributed by atoms with E-state index >= 15 is 0 Å². The smallest absolute Gasteiger partial charge is 0.226 e. The summed E-state index contributed by atoms with van der Waals surface area (Å²) in [6, 6.07) is 11.3. The molecule has 1 aromatic carbocycles. The molecule has 0 aliphatic carbocycles. The standard InChI is InChI=1S/C19H21N3O2/c1-12(2)18(19-13(3)7-6-10-20-19)21-17(23)11-15-14-8-4-5-9-16(14)24-22-15/h4-10,12,18H,11H2,1-3H3,(H,21,23)/t18-/m1/s1. The van der Waals surface area contributed by atoms with E-state index in [2.05, 4.69) is 29.3 Å². The van der Waals surface area contributed by atoms with Gasteiger partial charge < -0.3 is 9.84 Å². The molecule has 1 N–H and O–H groups in total. The van der Waals surface area contributed by atoms with E-state index in [1.165, 1.54) is 0 Å². The molecule has 1 atom stereocenters. The van der Waals surface area contributed by atoms with Gasteiger partial charge in [-0.15, -0.1) is 0 Å². The largest absolute Gasteiger partial charge is 0.356 e. The van der Waals surface area contributed by atoms with Gasteiger partial charge in [0.05, 0.1) is 18.2 Å². The summed E-state index contributed by atoms with van der Waals surface area (Å²) in [6.07, 6.45) is 1.95. The summed E-state index contributed by atoms with van der Waals surface area (Å²) in [6.45, 7) is 6.16. The van der Waals surface area contributed by atoms with Crippen LogP contribution in [0.25, 0.3) is 11.0 Å². The maximum absolute atomic E-state index is 12.5. The number of fused-ring (bicyclic) bond motifs is 1. The Balaban J connectivity index is 1.78. The number of carbonyl (C=O) groups excluding carboxylic acids is 1. The molecule has 0 aliphatic rings. The number of benzene rings is 1. The van der Waals surface area contributed by atoms with Crippen molar-refractivity contribution in [2.75, 3.05) is 0 Å². The van der Waals surface area contributed by atoms with Gasteiger partial charge in [0.15, 0.2) is 5.58 Å². The van der Waals surface area contributed by atoms with Crippen LogP contribution in [0.4, 0.5) is 0 Å². The maximum Gasteiger partial charge on any atom is 0.226 e. The number of rotatable bonds is 5. The molecule has 1 amide bonds. The second-order valence-electron chi connectivity index (χ2n) is 6.30. The van der Waals surface area contributed by atoms with Crippen molar-refractivity contribution < 1.29 is 9.32 Å². The van der Waals surface area contributed by atoms with Gasteiger partial charge in [-0.25, -0.2) is 0 Å². The Morgan fingerprint density at radius 2 is 2.00 bits per heavy atom. The van der Waals surface area contributed by atoms with Gasteiger partial charge in [-0.1, -0.05) is 37.2 Å². The van der Waals surface area contributed by atoms with Crippen molar-refractivity contribution in [2.45, 2.75) is 33.2 Å². The molecule has 0 unspecified atom stereocenters. The fourth-order valence-electron chi connectivity index (χ4n) is 2.82. The lowest BCUT2D eigenvalue weighted by atomic mass is 9.97. The predicted molar refractivity (Wildman–Crippen MR) is 92.4 cm³/mol. The van der Waals surface area contributed by atoms with E-state index in [1.54, 1.807) is 6.20 Å². The monoisotopic (exact) mass is 323 g/mol. The summed E-state index contributed by atoms with van der Waals surface area (Å²) in [5.41, 5.74) is 3.33. The summed E-state index contributed by atoms with van der Waals surface area (Å²) in [5.74, 6) is 0.148. The number of hydrogen-bond acceptors (Lipinski definition) is 4. The minimum atomic E-state index is -0.128. The minimum Gasteiger partial charge on any atom is -0.356 e. The van der Waals surface area contributed by atoms with E-state index < -0.39 is 0 Å². The molecule has 2 aromatic heterocycles. The van der Waals surface area contributed by atoms with E-state index in [0.29, 0.717) is 11.3 Å². The van der Waals surface area contributed by atoms with Crippen molar-refractivity contribution in [1.29, 1.82) is 0 Å². The lowest BCUT2D eigenvalue weighted by molar-refractivity contribution is -0.121. The van der Waals surface area contributed by atoms with Crippen LogP contribution in [0.1, 0.15) is 36.8 Å². The highest BCUT2D eigenvalue weighted by atomic mass is 16.5. The summed E-state index contributed by atoms with van der Waals surface area (Å²) >= 11 is 0. The number of nitrogens with one attached hydrogen (secondary N) is 1. The third-order valence-corrected chi connectivity index (χ3v) is 4.11. The number of hydrogen-bond donors (Lipinski definition) is 1. The summed E-state index contributed by atoms with van der Waals surface area (Å²) in [4.78, 5) is 17.0. The Bertz CT molecular complexity index is 854. The van der Waals surface area contributed by atoms with Crippen LogP contribution >= 0.6 is 0 Å². The first-order valence-electron chi connectivity index (χ1n) is 8.10. The highest BCUT2D eigenvalue weighted by Crippen LogP contribution is 2.23. The highest BCUT2D eigenvalue weighted by Gasteiger charge is 2.22. The van der Waals surface area contributed by atoms with Crippen molar-refractivity contribution in [3.63, 3.8) is 0 Å². The molecule has 0 saturated carbocycles. The Morgan fingerprint density at radius 1 is 1.21 bits per heavy atom. The molecule has 0 saturated heterocycles. The molecule has 0 spiro atoms. The molecule has 24 heavy (non-hydrogen) atoms. The first-order chi connectivity index (χ1) is 11.6. The van der Waals surface area contributed by atoms with Crippen molar-refractivity contribution in [3.8, 4) is 0 Å². The van der Waals surface area contributed by atoms with Crippen LogP contribution in [0.15, 0.2) is 47.1 Å². The number of para-hydroxylation sites is 1. The van der Waals surface area contributed by atoms with E-state index in [0.717, 1.165) is 16.6 Å². The van der Waals surface area contributed by atoms with Gasteiger partial charge in [0.1, 0.15) is 5.69 Å². The Kier molecular flexibility index (Phi) is 4.60. The van der Waals surface area contributed by atoms with Gasteiger partial charge in [0.2, 0.25) is 5.91 Å². The Morgan fingerprint density at radius 3 is 2.75 bits per heavy atom. The van der Waals surface area contributed by atoms with Crippen LogP contribution in [0, 0.1) is 12.8 Å². The number of aryl methyl sites for hydroxylation is 1. The van der Waals surface area contributed by atoms with Gasteiger partial charge in [-0.05, 0) is 36.6 Å². The fraction of sp³-hybridized carbons (Fsp3) is 0.316. The highest BCUT2D eigenvalue weighted by molar-refractivity contribution is 5.86. The van der Waals surface area contributed by atoms with Crippen molar-refractivity contribution in [2.24, 2.45) is 5.92 Å². The van der Waals surface area contributed by atoms with Crippen LogP contribution in [-0.4, -0.2) is 16.0 Å². The summed E-state index contributed by atoms with van der Waals surface area (Å²) < 4.78 is 5.26. The number of carbonyl (C=O) groups is 1. The molecule has 0 fully saturated rings. The number of amides is 1. The number of nitrogens with zero attached hydrogens (tertiary/aromatic N) is 2.